The van der Waals surface area contributed by atoms with Crippen molar-refractivity contribution in [2.45, 2.75) is 0 Å². The lowest BCUT2D eigenvalue weighted by atomic mass is 10.2. The maximum Gasteiger partial charge on any atom is 0.291 e. The van der Waals surface area contributed by atoms with Gasteiger partial charge in [-0.1, -0.05) is 0 Å². The number of hydrazone groups is 1. The third-order valence-electron chi connectivity index (χ3n) is 2.99. The molecular weight excluding hydrogens is 282 g/mol. The number of aromatic nitrogens is 3. The van der Waals surface area contributed by atoms with E-state index in [0.717, 1.165) is 11.3 Å². The number of ether oxygens (including phenoxy) is 1. The Morgan fingerprint density at radius 1 is 1.36 bits per heavy atom. The molecular formula is C15H13N5O2. The first-order valence-corrected chi connectivity index (χ1v) is 6.52. The fraction of sp³-hybridized carbons (Fsp3) is 0.0667. The number of nitrogens with zero attached hydrogens (tertiary/aromatic N) is 4. The van der Waals surface area contributed by atoms with Gasteiger partial charge < -0.3 is 9.14 Å². The topological polar surface area (TPSA) is 80.9 Å². The fourth-order valence-corrected chi connectivity index (χ4v) is 1.86. The lowest BCUT2D eigenvalue weighted by Gasteiger charge is -1.99. The van der Waals surface area contributed by atoms with E-state index in [1.165, 1.54) is 0 Å². The van der Waals surface area contributed by atoms with Crippen molar-refractivity contribution in [3.63, 3.8) is 0 Å². The van der Waals surface area contributed by atoms with E-state index in [1.807, 2.05) is 24.3 Å². The molecule has 0 aliphatic heterocycles. The Bertz CT molecular complexity index is 790. The molecule has 1 aromatic carbocycles. The van der Waals surface area contributed by atoms with Crippen molar-refractivity contribution in [2.24, 2.45) is 5.10 Å². The molecule has 0 fully saturated rings. The molecule has 0 bridgehead atoms. The van der Waals surface area contributed by atoms with Crippen LogP contribution in [-0.4, -0.2) is 33.6 Å². The molecule has 2 heterocycles. The summed E-state index contributed by atoms with van der Waals surface area (Å²) in [7, 11) is 1.60. The minimum Gasteiger partial charge on any atom is -0.497 e. The highest BCUT2D eigenvalue weighted by atomic mass is 16.5. The van der Waals surface area contributed by atoms with E-state index in [2.05, 4.69) is 20.5 Å². The number of imidazole rings is 1. The van der Waals surface area contributed by atoms with Crippen LogP contribution in [0.3, 0.4) is 0 Å². The molecule has 0 unspecified atom stereocenters. The number of hydrogen-bond donors (Lipinski definition) is 1. The van der Waals surface area contributed by atoms with Crippen molar-refractivity contribution >= 4 is 17.8 Å². The van der Waals surface area contributed by atoms with E-state index in [9.17, 15) is 4.79 Å². The number of nitrogens with one attached hydrogen (secondary N) is 1. The highest BCUT2D eigenvalue weighted by Crippen LogP contribution is 2.09. The van der Waals surface area contributed by atoms with Gasteiger partial charge in [-0.05, 0) is 29.8 Å². The van der Waals surface area contributed by atoms with Crippen molar-refractivity contribution in [3.8, 4) is 5.75 Å². The van der Waals surface area contributed by atoms with E-state index in [4.69, 9.17) is 4.74 Å². The molecule has 0 atom stereocenters. The number of methoxy groups -OCH3 is 1. The highest BCUT2D eigenvalue weighted by molar-refractivity contribution is 5.93. The van der Waals surface area contributed by atoms with E-state index in [1.54, 1.807) is 42.5 Å². The van der Waals surface area contributed by atoms with Gasteiger partial charge in [0.2, 0.25) is 0 Å². The summed E-state index contributed by atoms with van der Waals surface area (Å²) in [4.78, 5) is 20.1. The number of carbonyl (C=O) groups is 1. The Morgan fingerprint density at radius 3 is 2.91 bits per heavy atom. The maximum absolute atomic E-state index is 12.0. The Balaban J connectivity index is 1.67. The molecule has 0 spiro atoms. The van der Waals surface area contributed by atoms with Crippen LogP contribution in [0.1, 0.15) is 16.1 Å². The van der Waals surface area contributed by atoms with E-state index < -0.39 is 0 Å². The van der Waals surface area contributed by atoms with Crippen LogP contribution in [0.25, 0.3) is 5.65 Å². The minimum absolute atomic E-state index is 0.278. The van der Waals surface area contributed by atoms with Gasteiger partial charge in [0.15, 0.2) is 5.65 Å². The molecule has 1 N–H and O–H groups in total. The highest BCUT2D eigenvalue weighted by Gasteiger charge is 2.09. The molecule has 0 saturated heterocycles. The number of carbonyl (C=O) groups excluding carboxylic acids is 1. The summed E-state index contributed by atoms with van der Waals surface area (Å²) in [5.74, 6) is 0.382. The summed E-state index contributed by atoms with van der Waals surface area (Å²) in [5.41, 5.74) is 4.17. The summed E-state index contributed by atoms with van der Waals surface area (Å²) in [6, 6.07) is 7.31. The predicted octanol–water partition coefficient (Wildman–Crippen LogP) is 1.50. The lowest BCUT2D eigenvalue weighted by molar-refractivity contribution is 0.0951. The van der Waals surface area contributed by atoms with E-state index >= 15 is 0 Å². The smallest absolute Gasteiger partial charge is 0.291 e. The van der Waals surface area contributed by atoms with Gasteiger partial charge in [0.1, 0.15) is 11.4 Å². The second kappa shape index (κ2) is 6.04. The predicted molar refractivity (Wildman–Crippen MR) is 81.0 cm³/mol. The van der Waals surface area contributed by atoms with Crippen LogP contribution >= 0.6 is 0 Å². The Hall–Kier alpha value is -3.22. The van der Waals surface area contributed by atoms with Crippen LogP contribution in [-0.2, 0) is 0 Å². The van der Waals surface area contributed by atoms with E-state index in [-0.39, 0.29) is 11.6 Å². The van der Waals surface area contributed by atoms with Crippen molar-refractivity contribution in [3.05, 3.63) is 60.3 Å². The fourth-order valence-electron chi connectivity index (χ4n) is 1.86. The van der Waals surface area contributed by atoms with Crippen molar-refractivity contribution in [1.29, 1.82) is 0 Å². The SMILES string of the molecule is COc1ccc(/C=N/NC(=O)c2cn3ccncc3n2)cc1. The minimum atomic E-state index is -0.381. The quantitative estimate of drug-likeness (QED) is 0.584. The van der Waals surface area contributed by atoms with Crippen LogP contribution < -0.4 is 10.2 Å². The van der Waals surface area contributed by atoms with Crippen LogP contribution in [0, 0.1) is 0 Å². The van der Waals surface area contributed by atoms with Gasteiger partial charge in [-0.2, -0.15) is 5.10 Å². The van der Waals surface area contributed by atoms with Gasteiger partial charge in [0, 0.05) is 18.6 Å². The second-order valence-corrected chi connectivity index (χ2v) is 4.44. The van der Waals surface area contributed by atoms with Gasteiger partial charge in [-0.25, -0.2) is 10.4 Å². The average molecular weight is 295 g/mol. The van der Waals surface area contributed by atoms with Gasteiger partial charge in [-0.3, -0.25) is 9.78 Å². The van der Waals surface area contributed by atoms with Gasteiger partial charge in [-0.15, -0.1) is 0 Å². The monoisotopic (exact) mass is 295 g/mol. The maximum atomic E-state index is 12.0. The van der Waals surface area contributed by atoms with Crippen molar-refractivity contribution in [1.82, 2.24) is 19.8 Å². The summed E-state index contributed by atoms with van der Waals surface area (Å²) < 4.78 is 6.79. The zero-order valence-electron chi connectivity index (χ0n) is 11.8. The normalized spacial score (nSPS) is 11.0. The zero-order valence-corrected chi connectivity index (χ0v) is 11.8. The number of amides is 1. The molecule has 0 radical (unpaired) electrons. The van der Waals surface area contributed by atoms with Gasteiger partial charge in [0.05, 0.1) is 19.5 Å². The molecule has 0 aliphatic rings. The third-order valence-corrected chi connectivity index (χ3v) is 2.99. The standard InChI is InChI=1S/C15H13N5O2/c1-22-12-4-2-11(3-5-12)8-17-19-15(21)13-10-20-7-6-16-9-14(20)18-13/h2-10H,1H3,(H,19,21)/b17-8+. The van der Waals surface area contributed by atoms with Crippen LogP contribution in [0.4, 0.5) is 0 Å². The first-order chi connectivity index (χ1) is 10.8. The average Bonchev–Trinajstić information content (AvgIpc) is 2.99. The number of hydrogen-bond acceptors (Lipinski definition) is 5. The Morgan fingerprint density at radius 2 is 2.18 bits per heavy atom. The summed E-state index contributed by atoms with van der Waals surface area (Å²) >= 11 is 0. The van der Waals surface area contributed by atoms with Crippen LogP contribution in [0.5, 0.6) is 5.75 Å². The molecule has 0 saturated carbocycles. The second-order valence-electron chi connectivity index (χ2n) is 4.44. The van der Waals surface area contributed by atoms with Gasteiger partial charge in [0.25, 0.3) is 5.91 Å². The zero-order chi connectivity index (χ0) is 15.4. The summed E-state index contributed by atoms with van der Waals surface area (Å²) in [6.07, 6.45) is 8.10. The van der Waals surface area contributed by atoms with Crippen molar-refractivity contribution in [2.75, 3.05) is 7.11 Å². The van der Waals surface area contributed by atoms with Crippen molar-refractivity contribution < 1.29 is 9.53 Å². The molecule has 7 nitrogen and oxygen atoms in total. The molecule has 0 aliphatic carbocycles. The molecule has 22 heavy (non-hydrogen) atoms. The molecule has 3 rings (SSSR count). The summed E-state index contributed by atoms with van der Waals surface area (Å²) in [5, 5.41) is 3.91. The van der Waals surface area contributed by atoms with E-state index in [0.29, 0.717) is 5.65 Å². The number of fused-ring (bicyclic) bond motifs is 1. The Labute approximate surface area is 126 Å². The summed E-state index contributed by atoms with van der Waals surface area (Å²) in [6.45, 7) is 0. The number of rotatable bonds is 4. The largest absolute Gasteiger partial charge is 0.497 e. The number of benzene rings is 1. The lowest BCUT2D eigenvalue weighted by Crippen LogP contribution is -2.17. The van der Waals surface area contributed by atoms with Crippen LogP contribution in [0.15, 0.2) is 54.2 Å². The van der Waals surface area contributed by atoms with Crippen LogP contribution in [0.2, 0.25) is 0 Å². The first-order valence-electron chi connectivity index (χ1n) is 6.52. The molecule has 7 heteroatoms. The molecule has 1 amide bonds. The molecule has 3 aromatic rings. The first kappa shape index (κ1) is 13.7. The third kappa shape index (κ3) is 2.93. The Kier molecular flexibility index (Phi) is 3.78. The molecule has 2 aromatic heterocycles. The molecule has 110 valence electrons. The van der Waals surface area contributed by atoms with Gasteiger partial charge >= 0.3 is 0 Å².